The van der Waals surface area contributed by atoms with Gasteiger partial charge in [-0.3, -0.25) is 9.10 Å². The monoisotopic (exact) mass is 497 g/mol. The van der Waals surface area contributed by atoms with E-state index in [1.807, 2.05) is 19.1 Å². The van der Waals surface area contributed by atoms with E-state index in [0.29, 0.717) is 18.5 Å². The van der Waals surface area contributed by atoms with Gasteiger partial charge in [0.25, 0.3) is 15.9 Å². The van der Waals surface area contributed by atoms with Gasteiger partial charge in [0.15, 0.2) is 6.10 Å². The fourth-order valence-corrected chi connectivity index (χ4v) is 5.50. The molecule has 0 unspecified atom stereocenters. The first kappa shape index (κ1) is 26.2. The SMILES string of the molecule is Cc1ccc(N(C)S(=O)(=O)c2cccc(C(=O)O[C@H](C)C(=O)N(C)C3(C#N)CCCCC3)c2)cc1. The fraction of sp³-hybridized carbons (Fsp3) is 0.423. The maximum atomic E-state index is 13.1. The standard InChI is InChI=1S/C26H31N3O5S/c1-19-11-13-22(14-12-19)29(4)35(32,33)23-10-8-9-21(17-23)25(31)34-20(2)24(30)28(3)26(18-27)15-6-5-7-16-26/h8-14,17,20H,5-7,15-16H2,1-4H3/t20-/m1/s1. The van der Waals surface area contributed by atoms with Gasteiger partial charge in [0.1, 0.15) is 5.54 Å². The third-order valence-electron chi connectivity index (χ3n) is 6.62. The van der Waals surface area contributed by atoms with E-state index in [0.717, 1.165) is 29.1 Å². The van der Waals surface area contributed by atoms with Crippen LogP contribution in [0.5, 0.6) is 0 Å². The molecule has 1 atom stereocenters. The smallest absolute Gasteiger partial charge is 0.338 e. The molecular formula is C26H31N3O5S. The molecule has 2 aromatic rings. The number of aryl methyl sites for hydroxylation is 1. The van der Waals surface area contributed by atoms with Crippen LogP contribution < -0.4 is 4.31 Å². The molecule has 186 valence electrons. The molecule has 2 aromatic carbocycles. The Bertz CT molecular complexity index is 1230. The van der Waals surface area contributed by atoms with E-state index >= 15 is 0 Å². The first-order valence-electron chi connectivity index (χ1n) is 11.6. The number of sulfonamides is 1. The zero-order valence-electron chi connectivity index (χ0n) is 20.5. The minimum absolute atomic E-state index is 0.0124. The topological polar surface area (TPSA) is 108 Å². The molecule has 3 rings (SSSR count). The van der Waals surface area contributed by atoms with Crippen LogP contribution in [0.15, 0.2) is 53.4 Å². The second-order valence-corrected chi connectivity index (χ2v) is 11.0. The van der Waals surface area contributed by atoms with Gasteiger partial charge in [-0.1, -0.05) is 43.0 Å². The number of nitriles is 1. The van der Waals surface area contributed by atoms with Crippen LogP contribution in [0, 0.1) is 18.3 Å². The lowest BCUT2D eigenvalue weighted by Gasteiger charge is -2.39. The molecule has 0 N–H and O–H groups in total. The molecule has 1 aliphatic rings. The number of nitrogens with zero attached hydrogens (tertiary/aromatic N) is 3. The summed E-state index contributed by atoms with van der Waals surface area (Å²) in [5.74, 6) is -1.28. The molecular weight excluding hydrogens is 466 g/mol. The number of hydrogen-bond donors (Lipinski definition) is 0. The van der Waals surface area contributed by atoms with Crippen LogP contribution >= 0.6 is 0 Å². The Balaban J connectivity index is 1.75. The van der Waals surface area contributed by atoms with E-state index in [4.69, 9.17) is 4.74 Å². The third kappa shape index (κ3) is 5.49. The van der Waals surface area contributed by atoms with Crippen molar-refractivity contribution in [2.45, 2.75) is 62.5 Å². The molecule has 0 radical (unpaired) electrons. The quantitative estimate of drug-likeness (QED) is 0.534. The van der Waals surface area contributed by atoms with Gasteiger partial charge in [-0.2, -0.15) is 5.26 Å². The number of amides is 1. The number of anilines is 1. The summed E-state index contributed by atoms with van der Waals surface area (Å²) in [6, 6.07) is 14.8. The predicted molar refractivity (Wildman–Crippen MR) is 132 cm³/mol. The van der Waals surface area contributed by atoms with Crippen molar-refractivity contribution in [3.05, 3.63) is 59.7 Å². The second-order valence-electron chi connectivity index (χ2n) is 8.98. The second kappa shape index (κ2) is 10.5. The number of hydrogen-bond acceptors (Lipinski definition) is 6. The molecule has 0 saturated heterocycles. The van der Waals surface area contributed by atoms with Gasteiger partial charge in [0.2, 0.25) is 0 Å². The highest BCUT2D eigenvalue weighted by molar-refractivity contribution is 7.92. The van der Waals surface area contributed by atoms with Crippen molar-refractivity contribution in [1.29, 1.82) is 5.26 Å². The number of likely N-dealkylation sites (N-methyl/N-ethyl adjacent to an activating group) is 1. The molecule has 35 heavy (non-hydrogen) atoms. The Labute approximate surface area is 207 Å². The largest absolute Gasteiger partial charge is 0.449 e. The maximum Gasteiger partial charge on any atom is 0.338 e. The van der Waals surface area contributed by atoms with E-state index in [-0.39, 0.29) is 10.5 Å². The van der Waals surface area contributed by atoms with Gasteiger partial charge in [-0.05, 0) is 57.0 Å². The molecule has 8 nitrogen and oxygen atoms in total. The summed E-state index contributed by atoms with van der Waals surface area (Å²) in [7, 11) is -0.924. The van der Waals surface area contributed by atoms with Crippen molar-refractivity contribution in [1.82, 2.24) is 4.90 Å². The third-order valence-corrected chi connectivity index (χ3v) is 8.40. The van der Waals surface area contributed by atoms with Crippen LogP contribution in [-0.4, -0.2) is 50.9 Å². The molecule has 9 heteroatoms. The van der Waals surface area contributed by atoms with Crippen LogP contribution in [0.3, 0.4) is 0 Å². The average Bonchev–Trinajstić information content (AvgIpc) is 2.88. The summed E-state index contributed by atoms with van der Waals surface area (Å²) >= 11 is 0. The molecule has 0 aliphatic heterocycles. The zero-order chi connectivity index (χ0) is 25.8. The zero-order valence-corrected chi connectivity index (χ0v) is 21.3. The van der Waals surface area contributed by atoms with Gasteiger partial charge >= 0.3 is 5.97 Å². The van der Waals surface area contributed by atoms with Gasteiger partial charge in [-0.15, -0.1) is 0 Å². The summed E-state index contributed by atoms with van der Waals surface area (Å²) in [5, 5.41) is 9.74. The van der Waals surface area contributed by atoms with Gasteiger partial charge in [-0.25, -0.2) is 13.2 Å². The van der Waals surface area contributed by atoms with Crippen molar-refractivity contribution >= 4 is 27.6 Å². The van der Waals surface area contributed by atoms with Crippen LogP contribution in [-0.2, 0) is 19.6 Å². The van der Waals surface area contributed by atoms with Crippen LogP contribution in [0.1, 0.15) is 54.9 Å². The number of rotatable bonds is 7. The van der Waals surface area contributed by atoms with Crippen molar-refractivity contribution < 1.29 is 22.7 Å². The lowest BCUT2D eigenvalue weighted by atomic mass is 9.81. The molecule has 0 spiro atoms. The number of esters is 1. The van der Waals surface area contributed by atoms with Crippen LogP contribution in [0.25, 0.3) is 0 Å². The summed E-state index contributed by atoms with van der Waals surface area (Å²) < 4.78 is 32.8. The summed E-state index contributed by atoms with van der Waals surface area (Å²) in [6.07, 6.45) is 2.78. The normalized spacial score (nSPS) is 16.0. The predicted octanol–water partition coefficient (Wildman–Crippen LogP) is 4.05. The van der Waals surface area contributed by atoms with Crippen LogP contribution in [0.2, 0.25) is 0 Å². The van der Waals surface area contributed by atoms with Crippen molar-refractivity contribution in [3.63, 3.8) is 0 Å². The Morgan fingerprint density at radius 3 is 2.29 bits per heavy atom. The lowest BCUT2D eigenvalue weighted by Crippen LogP contribution is -2.53. The highest BCUT2D eigenvalue weighted by atomic mass is 32.2. The Morgan fingerprint density at radius 1 is 1.06 bits per heavy atom. The van der Waals surface area contributed by atoms with Crippen molar-refractivity contribution in [2.24, 2.45) is 0 Å². The number of benzene rings is 2. The molecule has 1 amide bonds. The highest BCUT2D eigenvalue weighted by Crippen LogP contribution is 2.33. The molecule has 1 saturated carbocycles. The summed E-state index contributed by atoms with van der Waals surface area (Å²) in [5.41, 5.74) is 0.603. The van der Waals surface area contributed by atoms with E-state index in [1.165, 1.54) is 43.1 Å². The van der Waals surface area contributed by atoms with E-state index in [1.54, 1.807) is 19.2 Å². The lowest BCUT2D eigenvalue weighted by molar-refractivity contribution is -0.143. The van der Waals surface area contributed by atoms with Crippen molar-refractivity contribution in [2.75, 3.05) is 18.4 Å². The first-order valence-corrected chi connectivity index (χ1v) is 13.0. The summed E-state index contributed by atoms with van der Waals surface area (Å²) in [6.45, 7) is 3.36. The molecule has 0 bridgehead atoms. The maximum absolute atomic E-state index is 13.1. The first-order chi connectivity index (χ1) is 16.5. The number of carbonyl (C=O) groups is 2. The van der Waals surface area contributed by atoms with Gasteiger partial charge < -0.3 is 9.64 Å². The van der Waals surface area contributed by atoms with E-state index in [2.05, 4.69) is 6.07 Å². The Morgan fingerprint density at radius 2 is 1.69 bits per heavy atom. The minimum atomic E-state index is -3.93. The Hall–Kier alpha value is -3.38. The van der Waals surface area contributed by atoms with Crippen LogP contribution in [0.4, 0.5) is 5.69 Å². The molecule has 1 fully saturated rings. The Kier molecular flexibility index (Phi) is 7.86. The van der Waals surface area contributed by atoms with Gasteiger partial charge in [0.05, 0.1) is 22.2 Å². The van der Waals surface area contributed by atoms with Crippen molar-refractivity contribution in [3.8, 4) is 6.07 Å². The molecule has 0 heterocycles. The minimum Gasteiger partial charge on any atom is -0.449 e. The van der Waals surface area contributed by atoms with Gasteiger partial charge in [0, 0.05) is 14.1 Å². The number of carbonyl (C=O) groups excluding carboxylic acids is 2. The molecule has 1 aliphatic carbocycles. The van der Waals surface area contributed by atoms with E-state index < -0.39 is 33.5 Å². The highest BCUT2D eigenvalue weighted by Gasteiger charge is 2.40. The average molecular weight is 498 g/mol. The number of ether oxygens (including phenoxy) is 1. The molecule has 0 aromatic heterocycles. The summed E-state index contributed by atoms with van der Waals surface area (Å²) in [4.78, 5) is 27.1. The fourth-order valence-electron chi connectivity index (χ4n) is 4.26. The van der Waals surface area contributed by atoms with E-state index in [9.17, 15) is 23.3 Å².